The molecule has 1 aliphatic heterocycles. The third-order valence-electron chi connectivity index (χ3n) is 7.12. The average molecular weight is 473 g/mol. The molecule has 0 amide bonds. The van der Waals surface area contributed by atoms with E-state index in [9.17, 15) is 4.79 Å². The Morgan fingerprint density at radius 1 is 1.09 bits per heavy atom. The van der Waals surface area contributed by atoms with E-state index >= 15 is 0 Å². The fraction of sp³-hybridized carbons (Fsp3) is 0.407. The highest BCUT2D eigenvalue weighted by atomic mass is 16.5. The Morgan fingerprint density at radius 3 is 2.54 bits per heavy atom. The third kappa shape index (κ3) is 4.84. The minimum absolute atomic E-state index is 0.0932. The van der Waals surface area contributed by atoms with Gasteiger partial charge in [-0.1, -0.05) is 32.0 Å². The molecule has 2 aromatic carbocycles. The number of aromatic amines is 1. The normalized spacial score (nSPS) is 16.0. The molecule has 0 spiro atoms. The van der Waals surface area contributed by atoms with Gasteiger partial charge in [-0.25, -0.2) is 4.68 Å². The minimum Gasteiger partial charge on any atom is -0.497 e. The predicted octanol–water partition coefficient (Wildman–Crippen LogP) is 3.96. The van der Waals surface area contributed by atoms with E-state index in [0.717, 1.165) is 54.6 Å². The zero-order chi connectivity index (χ0) is 24.4. The number of piperidine rings is 1. The van der Waals surface area contributed by atoms with E-state index < -0.39 is 0 Å². The van der Waals surface area contributed by atoms with Crippen molar-refractivity contribution in [2.24, 2.45) is 5.92 Å². The van der Waals surface area contributed by atoms with Crippen molar-refractivity contribution in [2.75, 3.05) is 20.2 Å². The van der Waals surface area contributed by atoms with Crippen LogP contribution in [0.25, 0.3) is 10.9 Å². The number of pyridine rings is 1. The van der Waals surface area contributed by atoms with Crippen LogP contribution in [0.4, 0.5) is 0 Å². The zero-order valence-electron chi connectivity index (χ0n) is 20.6. The van der Waals surface area contributed by atoms with E-state index in [1.165, 1.54) is 5.56 Å². The van der Waals surface area contributed by atoms with Crippen LogP contribution in [0.3, 0.4) is 0 Å². The molecule has 0 saturated carbocycles. The minimum atomic E-state index is -0.325. The van der Waals surface area contributed by atoms with Crippen LogP contribution in [-0.2, 0) is 13.0 Å². The quantitative estimate of drug-likeness (QED) is 0.438. The molecule has 0 radical (unpaired) electrons. The van der Waals surface area contributed by atoms with Crippen molar-refractivity contribution >= 4 is 10.9 Å². The largest absolute Gasteiger partial charge is 0.497 e. The number of rotatable bonds is 7. The molecule has 4 aromatic rings. The summed E-state index contributed by atoms with van der Waals surface area (Å²) in [7, 11) is 1.66. The van der Waals surface area contributed by atoms with E-state index in [1.54, 1.807) is 7.11 Å². The van der Waals surface area contributed by atoms with Crippen molar-refractivity contribution < 1.29 is 4.74 Å². The van der Waals surface area contributed by atoms with Crippen LogP contribution < -0.4 is 10.3 Å². The first-order chi connectivity index (χ1) is 17.1. The van der Waals surface area contributed by atoms with Crippen LogP contribution in [0.15, 0.2) is 53.3 Å². The molecule has 3 heterocycles. The smallest absolute Gasteiger partial charge is 0.253 e. The average Bonchev–Trinajstić information content (AvgIpc) is 3.33. The molecule has 0 unspecified atom stereocenters. The first-order valence-corrected chi connectivity index (χ1v) is 12.3. The van der Waals surface area contributed by atoms with E-state index in [2.05, 4.69) is 51.4 Å². The maximum Gasteiger partial charge on any atom is 0.253 e. The number of nitrogens with one attached hydrogen (secondary N) is 1. The molecule has 2 aromatic heterocycles. The van der Waals surface area contributed by atoms with Crippen LogP contribution >= 0.6 is 0 Å². The lowest BCUT2D eigenvalue weighted by Crippen LogP contribution is -2.40. The summed E-state index contributed by atoms with van der Waals surface area (Å²) < 4.78 is 7.10. The lowest BCUT2D eigenvalue weighted by atomic mass is 9.95. The first-order valence-electron chi connectivity index (χ1n) is 12.3. The number of hydrogen-bond donors (Lipinski definition) is 1. The summed E-state index contributed by atoms with van der Waals surface area (Å²) in [5.74, 6) is 2.16. The van der Waals surface area contributed by atoms with Crippen LogP contribution in [-0.4, -0.2) is 50.3 Å². The lowest BCUT2D eigenvalue weighted by Gasteiger charge is -2.35. The number of nitrogens with zero attached hydrogens (tertiary/aromatic N) is 5. The van der Waals surface area contributed by atoms with Crippen molar-refractivity contribution in [1.82, 2.24) is 30.1 Å². The molecule has 1 aliphatic rings. The molecule has 1 atom stereocenters. The molecule has 5 rings (SSSR count). The molecular formula is C27H32N6O2. The van der Waals surface area contributed by atoms with Gasteiger partial charge in [0, 0.05) is 11.1 Å². The van der Waals surface area contributed by atoms with Gasteiger partial charge in [-0.2, -0.15) is 0 Å². The van der Waals surface area contributed by atoms with E-state index in [4.69, 9.17) is 4.74 Å². The summed E-state index contributed by atoms with van der Waals surface area (Å²) in [5, 5.41) is 13.8. The van der Waals surface area contributed by atoms with Gasteiger partial charge in [0.15, 0.2) is 5.82 Å². The Balaban J connectivity index is 1.58. The molecule has 8 nitrogen and oxygen atoms in total. The van der Waals surface area contributed by atoms with Gasteiger partial charge >= 0.3 is 0 Å². The maximum atomic E-state index is 13.4. The summed E-state index contributed by atoms with van der Waals surface area (Å²) in [6.45, 7) is 6.73. The van der Waals surface area contributed by atoms with Gasteiger partial charge in [0.05, 0.1) is 13.7 Å². The summed E-state index contributed by atoms with van der Waals surface area (Å²) >= 11 is 0. The maximum absolute atomic E-state index is 13.4. The number of ether oxygens (including phenoxy) is 1. The Bertz CT molecular complexity index is 1350. The van der Waals surface area contributed by atoms with Crippen LogP contribution in [0.5, 0.6) is 5.75 Å². The first kappa shape index (κ1) is 23.2. The van der Waals surface area contributed by atoms with Gasteiger partial charge < -0.3 is 9.72 Å². The standard InChI is InChI=1S/C27H32N6O2/c1-4-19-7-10-24-21(15-19)16-23(27(34)28-24)25(32-13-11-18(2)12-14-32)26-29-30-31-33(26)17-20-5-8-22(35-3)9-6-20/h5-10,15-16,18,25H,4,11-14,17H2,1-3H3,(H,28,34)/t25-/m1/s1. The molecule has 0 bridgehead atoms. The van der Waals surface area contributed by atoms with Crippen molar-refractivity contribution in [3.8, 4) is 5.75 Å². The van der Waals surface area contributed by atoms with Crippen LogP contribution in [0, 0.1) is 5.92 Å². The second kappa shape index (κ2) is 10.00. The lowest BCUT2D eigenvalue weighted by molar-refractivity contribution is 0.149. The summed E-state index contributed by atoms with van der Waals surface area (Å²) in [4.78, 5) is 18.9. The molecule has 182 valence electrons. The number of hydrogen-bond acceptors (Lipinski definition) is 6. The fourth-order valence-corrected chi connectivity index (χ4v) is 4.91. The predicted molar refractivity (Wildman–Crippen MR) is 136 cm³/mol. The highest BCUT2D eigenvalue weighted by Gasteiger charge is 2.32. The molecule has 1 N–H and O–H groups in total. The highest BCUT2D eigenvalue weighted by Crippen LogP contribution is 2.31. The van der Waals surface area contributed by atoms with E-state index in [0.29, 0.717) is 23.9 Å². The summed E-state index contributed by atoms with van der Waals surface area (Å²) in [5.41, 5.74) is 3.74. The Morgan fingerprint density at radius 2 is 1.83 bits per heavy atom. The number of H-pyrrole nitrogens is 1. The number of methoxy groups -OCH3 is 1. The number of benzene rings is 2. The molecule has 1 saturated heterocycles. The number of aryl methyl sites for hydroxylation is 1. The van der Waals surface area contributed by atoms with Gasteiger partial charge in [0.1, 0.15) is 11.8 Å². The fourth-order valence-electron chi connectivity index (χ4n) is 4.91. The van der Waals surface area contributed by atoms with E-state index in [1.807, 2.05) is 41.1 Å². The second-order valence-electron chi connectivity index (χ2n) is 9.49. The number of fused-ring (bicyclic) bond motifs is 1. The Hall–Kier alpha value is -3.52. The Kier molecular flexibility index (Phi) is 6.63. The molecule has 8 heteroatoms. The topological polar surface area (TPSA) is 88.9 Å². The van der Waals surface area contributed by atoms with Crippen molar-refractivity contribution in [3.05, 3.63) is 81.4 Å². The van der Waals surface area contributed by atoms with Crippen LogP contribution in [0.1, 0.15) is 55.2 Å². The molecule has 0 aliphatic carbocycles. The number of aromatic nitrogens is 5. The van der Waals surface area contributed by atoms with Crippen LogP contribution in [0.2, 0.25) is 0 Å². The number of tetrazole rings is 1. The third-order valence-corrected chi connectivity index (χ3v) is 7.12. The van der Waals surface area contributed by atoms with Crippen molar-refractivity contribution in [1.29, 1.82) is 0 Å². The van der Waals surface area contributed by atoms with Gasteiger partial charge in [0.2, 0.25) is 0 Å². The van der Waals surface area contributed by atoms with Gasteiger partial charge in [0.25, 0.3) is 5.56 Å². The Labute approximate surface area is 204 Å². The monoisotopic (exact) mass is 472 g/mol. The molecule has 1 fully saturated rings. The highest BCUT2D eigenvalue weighted by molar-refractivity contribution is 5.80. The SMILES string of the molecule is CCc1ccc2[nH]c(=O)c([C@H](c3nnnn3Cc3ccc(OC)cc3)N3CCC(C)CC3)cc2c1. The van der Waals surface area contributed by atoms with Gasteiger partial charge in [-0.15, -0.1) is 5.10 Å². The van der Waals surface area contributed by atoms with Crippen molar-refractivity contribution in [3.63, 3.8) is 0 Å². The van der Waals surface area contributed by atoms with Crippen molar-refractivity contribution in [2.45, 2.75) is 45.7 Å². The van der Waals surface area contributed by atoms with E-state index in [-0.39, 0.29) is 11.6 Å². The molecule has 35 heavy (non-hydrogen) atoms. The van der Waals surface area contributed by atoms with Gasteiger partial charge in [-0.05, 0) is 95.5 Å². The second-order valence-corrected chi connectivity index (χ2v) is 9.49. The molecular weight excluding hydrogens is 440 g/mol. The summed E-state index contributed by atoms with van der Waals surface area (Å²) in [6.07, 6.45) is 3.11. The zero-order valence-corrected chi connectivity index (χ0v) is 20.6. The van der Waals surface area contributed by atoms with Gasteiger partial charge in [-0.3, -0.25) is 9.69 Å². The summed E-state index contributed by atoms with van der Waals surface area (Å²) in [6, 6.07) is 15.8. The number of likely N-dealkylation sites (tertiary alicyclic amines) is 1.